The van der Waals surface area contributed by atoms with Gasteiger partial charge < -0.3 is 20.8 Å². The van der Waals surface area contributed by atoms with Gasteiger partial charge in [0, 0.05) is 12.1 Å². The van der Waals surface area contributed by atoms with Crippen molar-refractivity contribution < 1.29 is 9.21 Å². The smallest absolute Gasteiger partial charge is 0.284 e. The van der Waals surface area contributed by atoms with Gasteiger partial charge >= 0.3 is 0 Å². The zero-order valence-electron chi connectivity index (χ0n) is 13.4. The van der Waals surface area contributed by atoms with Crippen molar-refractivity contribution in [1.82, 2.24) is 10.6 Å². The summed E-state index contributed by atoms with van der Waals surface area (Å²) in [6.45, 7) is 2.37. The second-order valence-corrected chi connectivity index (χ2v) is 5.35. The molecule has 1 unspecified atom stereocenters. The van der Waals surface area contributed by atoms with Crippen LogP contribution in [0.1, 0.15) is 34.8 Å². The monoisotopic (exact) mass is 462 g/mol. The number of carbonyl (C=O) groups is 1. The maximum Gasteiger partial charge on any atom is 0.284 e. The lowest BCUT2D eigenvalue weighted by Gasteiger charge is -2.18. The van der Waals surface area contributed by atoms with Crippen LogP contribution in [0.4, 0.5) is 0 Å². The number of rotatable bonds is 5. The quantitative estimate of drug-likeness (QED) is 0.362. The molecule has 0 aliphatic rings. The first-order valence-electron chi connectivity index (χ1n) is 7.11. The highest BCUT2D eigenvalue weighted by atomic mass is 127. The Balaban J connectivity index is 0.00000288. The molecular weight excluding hydrogens is 443 g/mol. The average molecular weight is 463 g/mol. The van der Waals surface area contributed by atoms with Crippen LogP contribution in [0.25, 0.3) is 0 Å². The Labute approximate surface area is 162 Å². The highest BCUT2D eigenvalue weighted by molar-refractivity contribution is 14.0. The number of hydrogen-bond acceptors (Lipinski definition) is 3. The van der Waals surface area contributed by atoms with Gasteiger partial charge in [0.1, 0.15) is 5.76 Å². The Morgan fingerprint density at radius 2 is 2.04 bits per heavy atom. The van der Waals surface area contributed by atoms with Gasteiger partial charge in [-0.25, -0.2) is 0 Å². The summed E-state index contributed by atoms with van der Waals surface area (Å²) in [5.41, 5.74) is 6.13. The molecule has 0 fully saturated rings. The molecule has 0 radical (unpaired) electrons. The molecule has 0 saturated carbocycles. The second-order valence-electron chi connectivity index (χ2n) is 4.94. The summed E-state index contributed by atoms with van der Waals surface area (Å²) in [5.74, 6) is 0.724. The Hall–Kier alpha value is -1.74. The number of guanidine groups is 1. The Bertz CT molecular complexity index is 718. The fourth-order valence-electron chi connectivity index (χ4n) is 2.08. The molecule has 2 rings (SSSR count). The maximum atomic E-state index is 11.0. The zero-order valence-corrected chi connectivity index (χ0v) is 16.5. The topological polar surface area (TPSA) is 92.6 Å². The van der Waals surface area contributed by atoms with Gasteiger partial charge in [0.15, 0.2) is 11.7 Å². The molecular formula is C16H20ClIN4O2. The van der Waals surface area contributed by atoms with Crippen molar-refractivity contribution in [3.05, 3.63) is 58.5 Å². The van der Waals surface area contributed by atoms with E-state index in [1.54, 1.807) is 19.2 Å². The minimum Gasteiger partial charge on any atom is -0.454 e. The molecule has 0 saturated heterocycles. The molecule has 24 heavy (non-hydrogen) atoms. The van der Waals surface area contributed by atoms with Crippen LogP contribution in [-0.2, 0) is 6.54 Å². The van der Waals surface area contributed by atoms with E-state index in [0.717, 1.165) is 5.56 Å². The third-order valence-corrected chi connectivity index (χ3v) is 3.63. The van der Waals surface area contributed by atoms with Crippen LogP contribution in [0.5, 0.6) is 0 Å². The molecule has 1 aromatic heterocycles. The van der Waals surface area contributed by atoms with Gasteiger partial charge in [-0.15, -0.1) is 24.0 Å². The minimum atomic E-state index is -0.592. The summed E-state index contributed by atoms with van der Waals surface area (Å²) < 4.78 is 5.31. The number of primary amides is 1. The van der Waals surface area contributed by atoms with Gasteiger partial charge in [0.25, 0.3) is 5.91 Å². The van der Waals surface area contributed by atoms with Crippen molar-refractivity contribution in [3.63, 3.8) is 0 Å². The summed E-state index contributed by atoms with van der Waals surface area (Å²) in [6.07, 6.45) is 0. The number of nitrogens with two attached hydrogens (primary N) is 1. The van der Waals surface area contributed by atoms with Gasteiger partial charge in [-0.1, -0.05) is 29.8 Å². The molecule has 0 spiro atoms. The number of halogens is 2. The fraction of sp³-hybridized carbons (Fsp3) is 0.250. The highest BCUT2D eigenvalue weighted by Crippen LogP contribution is 2.21. The number of furan rings is 1. The molecule has 0 aliphatic carbocycles. The summed E-state index contributed by atoms with van der Waals surface area (Å²) in [5, 5.41) is 7.05. The van der Waals surface area contributed by atoms with Crippen LogP contribution < -0.4 is 16.4 Å². The minimum absolute atomic E-state index is 0. The molecule has 1 amide bonds. The third-order valence-electron chi connectivity index (χ3n) is 3.28. The predicted octanol–water partition coefficient (Wildman–Crippen LogP) is 3.08. The number of benzene rings is 1. The summed E-state index contributed by atoms with van der Waals surface area (Å²) in [4.78, 5) is 15.2. The van der Waals surface area contributed by atoms with Crippen LogP contribution in [-0.4, -0.2) is 18.9 Å². The lowest BCUT2D eigenvalue weighted by molar-refractivity contribution is 0.0972. The largest absolute Gasteiger partial charge is 0.454 e. The third kappa shape index (κ3) is 5.41. The average Bonchev–Trinajstić information content (AvgIpc) is 3.00. The molecule has 1 heterocycles. The molecule has 1 aromatic carbocycles. The van der Waals surface area contributed by atoms with Crippen molar-refractivity contribution in [1.29, 1.82) is 0 Å². The lowest BCUT2D eigenvalue weighted by Crippen LogP contribution is -2.38. The number of amides is 1. The maximum absolute atomic E-state index is 11.0. The normalized spacial score (nSPS) is 12.2. The molecule has 4 N–H and O–H groups in total. The zero-order chi connectivity index (χ0) is 16.8. The van der Waals surface area contributed by atoms with E-state index >= 15 is 0 Å². The van der Waals surface area contributed by atoms with Gasteiger partial charge in [-0.3, -0.25) is 9.79 Å². The number of nitrogens with one attached hydrogen (secondary N) is 2. The van der Waals surface area contributed by atoms with Crippen LogP contribution >= 0.6 is 35.6 Å². The second kappa shape index (κ2) is 9.53. The van der Waals surface area contributed by atoms with Gasteiger partial charge in [-0.2, -0.15) is 0 Å². The van der Waals surface area contributed by atoms with E-state index < -0.39 is 5.91 Å². The standard InChI is InChI=1S/C16H19ClN4O2.HI/c1-10(12-5-3-4-6-13(12)17)21-16(19-2)20-9-11-7-8-14(23-11)15(18)22;/h3-8,10H,9H2,1-2H3,(H2,18,22)(H2,19,20,21);1H. The fourth-order valence-corrected chi connectivity index (χ4v) is 2.38. The SMILES string of the molecule is CN=C(NCc1ccc(C(N)=O)o1)NC(C)c1ccccc1Cl.I. The van der Waals surface area contributed by atoms with Crippen molar-refractivity contribution in [2.24, 2.45) is 10.7 Å². The molecule has 6 nitrogen and oxygen atoms in total. The van der Waals surface area contributed by atoms with E-state index in [0.29, 0.717) is 23.3 Å². The number of nitrogens with zero attached hydrogens (tertiary/aromatic N) is 1. The van der Waals surface area contributed by atoms with Crippen LogP contribution in [0.2, 0.25) is 5.02 Å². The summed E-state index contributed by atoms with van der Waals surface area (Å²) in [7, 11) is 1.67. The summed E-state index contributed by atoms with van der Waals surface area (Å²) >= 11 is 6.19. The Morgan fingerprint density at radius 3 is 2.62 bits per heavy atom. The first-order valence-corrected chi connectivity index (χ1v) is 7.49. The molecule has 130 valence electrons. The van der Waals surface area contributed by atoms with E-state index in [9.17, 15) is 4.79 Å². The highest BCUT2D eigenvalue weighted by Gasteiger charge is 2.12. The van der Waals surface area contributed by atoms with Gasteiger partial charge in [0.05, 0.1) is 12.6 Å². The molecule has 2 aromatic rings. The Kier molecular flexibility index (Phi) is 8.06. The molecule has 0 bridgehead atoms. The van der Waals surface area contributed by atoms with E-state index in [2.05, 4.69) is 15.6 Å². The summed E-state index contributed by atoms with van der Waals surface area (Å²) in [6, 6.07) is 10.8. The van der Waals surface area contributed by atoms with E-state index in [4.69, 9.17) is 21.8 Å². The van der Waals surface area contributed by atoms with E-state index in [1.165, 1.54) is 0 Å². The van der Waals surface area contributed by atoms with E-state index in [-0.39, 0.29) is 35.8 Å². The molecule has 0 aliphatic heterocycles. The van der Waals surface area contributed by atoms with E-state index in [1.807, 2.05) is 31.2 Å². The number of hydrogen-bond donors (Lipinski definition) is 3. The van der Waals surface area contributed by atoms with Crippen LogP contribution in [0, 0.1) is 0 Å². The first-order chi connectivity index (χ1) is 11.0. The Morgan fingerprint density at radius 1 is 1.33 bits per heavy atom. The van der Waals surface area contributed by atoms with Crippen molar-refractivity contribution in [2.75, 3.05) is 7.05 Å². The molecule has 1 atom stereocenters. The van der Waals surface area contributed by atoms with Crippen molar-refractivity contribution >= 4 is 47.4 Å². The van der Waals surface area contributed by atoms with Crippen molar-refractivity contribution in [3.8, 4) is 0 Å². The first kappa shape index (κ1) is 20.3. The predicted molar refractivity (Wildman–Crippen MR) is 106 cm³/mol. The van der Waals surface area contributed by atoms with Gasteiger partial charge in [-0.05, 0) is 30.7 Å². The number of aliphatic imine (C=N–C) groups is 1. The van der Waals surface area contributed by atoms with Crippen LogP contribution in [0.15, 0.2) is 45.8 Å². The molecule has 8 heteroatoms. The number of carbonyl (C=O) groups excluding carboxylic acids is 1. The van der Waals surface area contributed by atoms with Crippen molar-refractivity contribution in [2.45, 2.75) is 19.5 Å². The van der Waals surface area contributed by atoms with Crippen LogP contribution in [0.3, 0.4) is 0 Å². The van der Waals surface area contributed by atoms with Gasteiger partial charge in [0.2, 0.25) is 0 Å². The lowest BCUT2D eigenvalue weighted by atomic mass is 10.1.